The van der Waals surface area contributed by atoms with Crippen molar-refractivity contribution in [2.45, 2.75) is 44.7 Å². The maximum Gasteiger partial charge on any atom is 0.264 e. The van der Waals surface area contributed by atoms with Crippen molar-refractivity contribution in [3.63, 3.8) is 0 Å². The van der Waals surface area contributed by atoms with Crippen molar-refractivity contribution < 1.29 is 22.7 Å². The number of nitrogens with zero attached hydrogens (tertiary/aromatic N) is 2. The predicted molar refractivity (Wildman–Crippen MR) is 163 cm³/mol. The minimum atomic E-state index is -4.23. The first-order chi connectivity index (χ1) is 19.5. The van der Waals surface area contributed by atoms with Crippen molar-refractivity contribution in [2.24, 2.45) is 5.92 Å². The average Bonchev–Trinajstić information content (AvgIpc) is 2.95. The topological polar surface area (TPSA) is 96.0 Å². The third-order valence-electron chi connectivity index (χ3n) is 6.39. The summed E-state index contributed by atoms with van der Waals surface area (Å²) in [4.78, 5) is 28.7. The van der Waals surface area contributed by atoms with E-state index in [2.05, 4.69) is 5.32 Å². The zero-order valence-corrected chi connectivity index (χ0v) is 25.8. The standard InChI is InChI=1S/C30H35Cl2N3O5S/c1-5-28(30(37)33-18-21(2)3)34(19-22-9-6-7-12-27(22)32)29(36)20-35(24-11-8-10-23(31)17-24)41(38,39)26-15-13-25(40-4)14-16-26/h6-17,21,28H,5,18-20H2,1-4H3,(H,33,37). The van der Waals surface area contributed by atoms with Gasteiger partial charge in [-0.3, -0.25) is 13.9 Å². The molecule has 0 fully saturated rings. The van der Waals surface area contributed by atoms with Gasteiger partial charge in [0.05, 0.1) is 17.7 Å². The summed E-state index contributed by atoms with van der Waals surface area (Å²) in [5.41, 5.74) is 0.835. The van der Waals surface area contributed by atoms with E-state index in [1.165, 1.54) is 42.3 Å². The monoisotopic (exact) mass is 619 g/mol. The molecule has 3 aromatic carbocycles. The van der Waals surface area contributed by atoms with Crippen molar-refractivity contribution in [3.05, 3.63) is 88.4 Å². The summed E-state index contributed by atoms with van der Waals surface area (Å²) in [6.45, 7) is 5.62. The van der Waals surface area contributed by atoms with Gasteiger partial charge in [-0.25, -0.2) is 8.42 Å². The first kappa shape index (κ1) is 32.2. The van der Waals surface area contributed by atoms with E-state index in [-0.39, 0.29) is 29.0 Å². The molecular weight excluding hydrogens is 585 g/mol. The average molecular weight is 621 g/mol. The Labute approximate surface area is 252 Å². The van der Waals surface area contributed by atoms with Gasteiger partial charge in [0.25, 0.3) is 10.0 Å². The molecule has 3 rings (SSSR count). The molecule has 0 aromatic heterocycles. The van der Waals surface area contributed by atoms with E-state index in [1.807, 2.05) is 13.8 Å². The van der Waals surface area contributed by atoms with Crippen molar-refractivity contribution in [2.75, 3.05) is 24.5 Å². The van der Waals surface area contributed by atoms with E-state index in [9.17, 15) is 18.0 Å². The van der Waals surface area contributed by atoms with Gasteiger partial charge < -0.3 is 15.0 Å². The Morgan fingerprint density at radius 1 is 0.976 bits per heavy atom. The molecule has 3 aromatic rings. The molecule has 1 N–H and O–H groups in total. The maximum atomic E-state index is 14.1. The Morgan fingerprint density at radius 2 is 1.66 bits per heavy atom. The Morgan fingerprint density at radius 3 is 2.24 bits per heavy atom. The van der Waals surface area contributed by atoms with Crippen molar-refractivity contribution in [1.82, 2.24) is 10.2 Å². The molecule has 0 spiro atoms. The van der Waals surface area contributed by atoms with Crippen molar-refractivity contribution >= 4 is 50.7 Å². The number of carbonyl (C=O) groups excluding carboxylic acids is 2. The summed E-state index contributed by atoms with van der Waals surface area (Å²) in [7, 11) is -2.75. The molecule has 0 bridgehead atoms. The van der Waals surface area contributed by atoms with Gasteiger partial charge >= 0.3 is 0 Å². The molecule has 0 radical (unpaired) electrons. The van der Waals surface area contributed by atoms with E-state index in [4.69, 9.17) is 27.9 Å². The number of sulfonamides is 1. The summed E-state index contributed by atoms with van der Waals surface area (Å²) in [6, 6.07) is 18.3. The minimum absolute atomic E-state index is 0.0120. The lowest BCUT2D eigenvalue weighted by molar-refractivity contribution is -0.140. The molecule has 0 aliphatic heterocycles. The number of hydrogen-bond acceptors (Lipinski definition) is 5. The number of ether oxygens (including phenoxy) is 1. The van der Waals surface area contributed by atoms with Crippen LogP contribution in [0.5, 0.6) is 5.75 Å². The molecule has 0 saturated heterocycles. The van der Waals surface area contributed by atoms with Crippen molar-refractivity contribution in [3.8, 4) is 5.75 Å². The summed E-state index contributed by atoms with van der Waals surface area (Å²) >= 11 is 12.7. The smallest absolute Gasteiger partial charge is 0.264 e. The van der Waals surface area contributed by atoms with Crippen LogP contribution in [0, 0.1) is 5.92 Å². The Hall–Kier alpha value is -3.27. The van der Waals surface area contributed by atoms with Crippen LogP contribution in [0.4, 0.5) is 5.69 Å². The van der Waals surface area contributed by atoms with E-state index in [0.717, 1.165) is 4.31 Å². The van der Waals surface area contributed by atoms with Crippen molar-refractivity contribution in [1.29, 1.82) is 0 Å². The normalized spacial score (nSPS) is 12.1. The number of nitrogens with one attached hydrogen (secondary N) is 1. The van der Waals surface area contributed by atoms with Gasteiger partial charge in [-0.15, -0.1) is 0 Å². The molecule has 11 heteroatoms. The lowest BCUT2D eigenvalue weighted by atomic mass is 10.1. The second kappa shape index (κ2) is 14.6. The molecular formula is C30H35Cl2N3O5S. The Balaban J connectivity index is 2.06. The summed E-state index contributed by atoms with van der Waals surface area (Å²) in [5.74, 6) is -0.210. The quantitative estimate of drug-likeness (QED) is 0.262. The predicted octanol–water partition coefficient (Wildman–Crippen LogP) is 5.78. The maximum absolute atomic E-state index is 14.1. The van der Waals surface area contributed by atoms with E-state index in [0.29, 0.717) is 34.3 Å². The lowest BCUT2D eigenvalue weighted by Crippen LogP contribution is -2.52. The molecule has 0 aliphatic carbocycles. The van der Waals surface area contributed by atoms with E-state index < -0.39 is 28.5 Å². The van der Waals surface area contributed by atoms with Gasteiger partial charge in [0, 0.05) is 23.1 Å². The second-order valence-corrected chi connectivity index (χ2v) is 12.5. The Kier molecular flexibility index (Phi) is 11.5. The largest absolute Gasteiger partial charge is 0.497 e. The third-order valence-corrected chi connectivity index (χ3v) is 8.78. The number of amides is 2. The molecule has 0 heterocycles. The van der Waals surface area contributed by atoms with E-state index >= 15 is 0 Å². The van der Waals surface area contributed by atoms with Crippen LogP contribution in [0.2, 0.25) is 10.0 Å². The number of rotatable bonds is 13. The number of hydrogen-bond donors (Lipinski definition) is 1. The zero-order chi connectivity index (χ0) is 30.2. The van der Waals surface area contributed by atoms with Gasteiger partial charge in [-0.1, -0.05) is 68.2 Å². The minimum Gasteiger partial charge on any atom is -0.497 e. The summed E-state index contributed by atoms with van der Waals surface area (Å²) in [6.07, 6.45) is 0.308. The summed E-state index contributed by atoms with van der Waals surface area (Å²) < 4.78 is 34.0. The lowest BCUT2D eigenvalue weighted by Gasteiger charge is -2.33. The number of benzene rings is 3. The second-order valence-electron chi connectivity index (χ2n) is 9.84. The molecule has 2 amide bonds. The first-order valence-electron chi connectivity index (χ1n) is 13.2. The van der Waals surface area contributed by atoms with Crippen LogP contribution in [0.1, 0.15) is 32.8 Å². The van der Waals surface area contributed by atoms with Gasteiger partial charge in [0.2, 0.25) is 11.8 Å². The summed E-state index contributed by atoms with van der Waals surface area (Å²) in [5, 5.41) is 3.64. The van der Waals surface area contributed by atoms with Crippen LogP contribution in [-0.4, -0.2) is 51.4 Å². The van der Waals surface area contributed by atoms with E-state index in [1.54, 1.807) is 49.4 Å². The fraction of sp³-hybridized carbons (Fsp3) is 0.333. The molecule has 220 valence electrons. The van der Waals surface area contributed by atoms with Gasteiger partial charge in [0.1, 0.15) is 18.3 Å². The highest BCUT2D eigenvalue weighted by Crippen LogP contribution is 2.28. The molecule has 1 atom stereocenters. The van der Waals surface area contributed by atoms with Crippen LogP contribution in [-0.2, 0) is 26.2 Å². The van der Waals surface area contributed by atoms with Gasteiger partial charge in [-0.05, 0) is 66.4 Å². The highest BCUT2D eigenvalue weighted by Gasteiger charge is 2.34. The molecule has 0 saturated carbocycles. The molecule has 0 aliphatic rings. The van der Waals surface area contributed by atoms with Crippen LogP contribution >= 0.6 is 23.2 Å². The number of anilines is 1. The van der Waals surface area contributed by atoms with Gasteiger partial charge in [-0.2, -0.15) is 0 Å². The van der Waals surface area contributed by atoms with Gasteiger partial charge in [0.15, 0.2) is 0 Å². The number of halogens is 2. The molecule has 8 nitrogen and oxygen atoms in total. The molecule has 41 heavy (non-hydrogen) atoms. The number of methoxy groups -OCH3 is 1. The SMILES string of the molecule is CCC(C(=O)NCC(C)C)N(Cc1ccccc1Cl)C(=O)CN(c1cccc(Cl)c1)S(=O)(=O)c1ccc(OC)cc1. The first-order valence-corrected chi connectivity index (χ1v) is 15.4. The third kappa shape index (κ3) is 8.38. The molecule has 1 unspecified atom stereocenters. The number of carbonyl (C=O) groups is 2. The zero-order valence-electron chi connectivity index (χ0n) is 23.5. The fourth-order valence-corrected chi connectivity index (χ4v) is 5.97. The Bertz CT molecular complexity index is 1450. The van der Waals surface area contributed by atoms with Crippen LogP contribution in [0.25, 0.3) is 0 Å². The van der Waals surface area contributed by atoms with Crippen LogP contribution in [0.3, 0.4) is 0 Å². The highest BCUT2D eigenvalue weighted by molar-refractivity contribution is 7.92. The van der Waals surface area contributed by atoms with Crippen LogP contribution in [0.15, 0.2) is 77.7 Å². The highest BCUT2D eigenvalue weighted by atomic mass is 35.5. The fourth-order valence-electron chi connectivity index (χ4n) is 4.19. The van der Waals surface area contributed by atoms with Crippen LogP contribution < -0.4 is 14.4 Å².